The summed E-state index contributed by atoms with van der Waals surface area (Å²) in [5.74, 6) is 6.53. The first-order valence-electron chi connectivity index (χ1n) is 4.68. The monoisotopic (exact) mass is 223 g/mol. The first kappa shape index (κ1) is 10.5. The molecule has 0 radical (unpaired) electrons. The highest BCUT2D eigenvalue weighted by Gasteiger charge is 2.17. The zero-order chi connectivity index (χ0) is 11.5. The van der Waals surface area contributed by atoms with Crippen LogP contribution in [0.2, 0.25) is 0 Å². The molecule has 2 rings (SSSR count). The standard InChI is InChI=1S/C7H13N9/c1-16-14-6(12-15-16)2-5(11-9)4-3-10-13-7(4)8/h3,5,11H,2,9H2,1H3,(H3,8,10,13). The van der Waals surface area contributed by atoms with Crippen LogP contribution in [0.3, 0.4) is 0 Å². The number of hydrazine groups is 1. The molecule has 2 aromatic heterocycles. The second-order valence-corrected chi connectivity index (χ2v) is 3.36. The lowest BCUT2D eigenvalue weighted by atomic mass is 10.1. The van der Waals surface area contributed by atoms with Crippen LogP contribution in [-0.4, -0.2) is 30.4 Å². The number of nitrogens with zero attached hydrogens (tertiary/aromatic N) is 5. The summed E-state index contributed by atoms with van der Waals surface area (Å²) in [6, 6.07) is -0.192. The summed E-state index contributed by atoms with van der Waals surface area (Å²) in [7, 11) is 1.70. The molecule has 6 N–H and O–H groups in total. The number of nitrogens with one attached hydrogen (secondary N) is 2. The van der Waals surface area contributed by atoms with Gasteiger partial charge in [-0.1, -0.05) is 0 Å². The van der Waals surface area contributed by atoms with Gasteiger partial charge < -0.3 is 5.73 Å². The van der Waals surface area contributed by atoms with E-state index in [2.05, 4.69) is 31.0 Å². The lowest BCUT2D eigenvalue weighted by Crippen LogP contribution is -2.30. The number of hydrogen-bond donors (Lipinski definition) is 4. The Kier molecular flexibility index (Phi) is 2.79. The first-order chi connectivity index (χ1) is 7.70. The molecule has 0 aliphatic rings. The van der Waals surface area contributed by atoms with Gasteiger partial charge in [0.05, 0.1) is 19.3 Å². The van der Waals surface area contributed by atoms with Crippen LogP contribution in [0.1, 0.15) is 17.4 Å². The molecule has 0 aliphatic carbocycles. The van der Waals surface area contributed by atoms with Gasteiger partial charge in [-0.05, 0) is 5.21 Å². The molecular weight excluding hydrogens is 210 g/mol. The number of rotatable bonds is 4. The molecule has 16 heavy (non-hydrogen) atoms. The molecule has 0 spiro atoms. The smallest absolute Gasteiger partial charge is 0.176 e. The second-order valence-electron chi connectivity index (χ2n) is 3.36. The summed E-state index contributed by atoms with van der Waals surface area (Å²) in [4.78, 5) is 1.39. The topological polar surface area (TPSA) is 136 Å². The predicted molar refractivity (Wildman–Crippen MR) is 55.6 cm³/mol. The zero-order valence-corrected chi connectivity index (χ0v) is 8.75. The maximum atomic E-state index is 5.70. The number of aromatic amines is 1. The summed E-state index contributed by atoms with van der Waals surface area (Å²) in [6.07, 6.45) is 2.12. The number of hydrogen-bond acceptors (Lipinski definition) is 7. The summed E-state index contributed by atoms with van der Waals surface area (Å²) >= 11 is 0. The van der Waals surface area contributed by atoms with Crippen molar-refractivity contribution < 1.29 is 0 Å². The van der Waals surface area contributed by atoms with E-state index in [-0.39, 0.29) is 6.04 Å². The molecule has 0 saturated heterocycles. The van der Waals surface area contributed by atoms with E-state index in [1.807, 2.05) is 0 Å². The summed E-state index contributed by atoms with van der Waals surface area (Å²) in [5, 5.41) is 18.2. The van der Waals surface area contributed by atoms with E-state index >= 15 is 0 Å². The van der Waals surface area contributed by atoms with Crippen molar-refractivity contribution >= 4 is 5.82 Å². The van der Waals surface area contributed by atoms with Gasteiger partial charge in [0, 0.05) is 12.0 Å². The fourth-order valence-electron chi connectivity index (χ4n) is 1.43. The minimum absolute atomic E-state index is 0.192. The van der Waals surface area contributed by atoms with Crippen molar-refractivity contribution in [2.24, 2.45) is 12.9 Å². The Balaban J connectivity index is 2.15. The molecule has 9 heteroatoms. The summed E-state index contributed by atoms with van der Waals surface area (Å²) in [5.41, 5.74) is 9.13. The van der Waals surface area contributed by atoms with Crippen LogP contribution in [0.25, 0.3) is 0 Å². The van der Waals surface area contributed by atoms with Gasteiger partial charge in [0.15, 0.2) is 5.82 Å². The average molecular weight is 223 g/mol. The Labute approximate surface area is 91.2 Å². The van der Waals surface area contributed by atoms with E-state index in [4.69, 9.17) is 11.6 Å². The van der Waals surface area contributed by atoms with Crippen molar-refractivity contribution in [3.63, 3.8) is 0 Å². The molecule has 2 heterocycles. The Morgan fingerprint density at radius 3 is 2.94 bits per heavy atom. The second kappa shape index (κ2) is 4.24. The van der Waals surface area contributed by atoms with Crippen molar-refractivity contribution in [2.45, 2.75) is 12.5 Å². The van der Waals surface area contributed by atoms with Crippen LogP contribution in [0.5, 0.6) is 0 Å². The van der Waals surface area contributed by atoms with Gasteiger partial charge in [0.2, 0.25) is 0 Å². The number of nitrogens with two attached hydrogens (primary N) is 2. The highest BCUT2D eigenvalue weighted by atomic mass is 15.6. The van der Waals surface area contributed by atoms with E-state index in [1.165, 1.54) is 4.80 Å². The average Bonchev–Trinajstić information content (AvgIpc) is 2.84. The maximum absolute atomic E-state index is 5.70. The number of anilines is 1. The third kappa shape index (κ3) is 1.99. The van der Waals surface area contributed by atoms with Gasteiger partial charge in [0.1, 0.15) is 5.82 Å². The number of nitrogen functional groups attached to an aromatic ring is 1. The van der Waals surface area contributed by atoms with Crippen LogP contribution in [-0.2, 0) is 13.5 Å². The number of tetrazole rings is 1. The van der Waals surface area contributed by atoms with Crippen molar-refractivity contribution in [3.8, 4) is 0 Å². The van der Waals surface area contributed by atoms with Crippen LogP contribution in [0, 0.1) is 0 Å². The number of aromatic nitrogens is 6. The molecule has 1 unspecified atom stereocenters. The molecule has 86 valence electrons. The maximum Gasteiger partial charge on any atom is 0.176 e. The highest BCUT2D eigenvalue weighted by molar-refractivity contribution is 5.39. The van der Waals surface area contributed by atoms with Gasteiger partial charge >= 0.3 is 0 Å². The van der Waals surface area contributed by atoms with Crippen LogP contribution < -0.4 is 17.0 Å². The minimum Gasteiger partial charge on any atom is -0.384 e. The highest BCUT2D eigenvalue weighted by Crippen LogP contribution is 2.19. The molecule has 0 bridgehead atoms. The third-order valence-electron chi connectivity index (χ3n) is 2.21. The quantitative estimate of drug-likeness (QED) is 0.357. The van der Waals surface area contributed by atoms with E-state index in [1.54, 1.807) is 13.2 Å². The van der Waals surface area contributed by atoms with Gasteiger partial charge in [-0.2, -0.15) is 9.90 Å². The van der Waals surface area contributed by atoms with Crippen molar-refractivity contribution in [1.29, 1.82) is 0 Å². The Bertz CT molecular complexity index is 458. The third-order valence-corrected chi connectivity index (χ3v) is 2.21. The Hall–Kier alpha value is -2.00. The van der Waals surface area contributed by atoms with Gasteiger partial charge in [-0.25, -0.2) is 0 Å². The molecule has 0 aromatic carbocycles. The number of H-pyrrole nitrogens is 1. The van der Waals surface area contributed by atoms with Crippen LogP contribution in [0.4, 0.5) is 5.82 Å². The lowest BCUT2D eigenvalue weighted by Gasteiger charge is -2.12. The van der Waals surface area contributed by atoms with Gasteiger partial charge in [0.25, 0.3) is 0 Å². The van der Waals surface area contributed by atoms with E-state index in [0.717, 1.165) is 5.56 Å². The largest absolute Gasteiger partial charge is 0.384 e. The van der Waals surface area contributed by atoms with E-state index < -0.39 is 0 Å². The fourth-order valence-corrected chi connectivity index (χ4v) is 1.43. The normalized spacial score (nSPS) is 12.9. The molecule has 0 fully saturated rings. The zero-order valence-electron chi connectivity index (χ0n) is 8.75. The minimum atomic E-state index is -0.192. The molecule has 1 atom stereocenters. The summed E-state index contributed by atoms with van der Waals surface area (Å²) in [6.45, 7) is 0. The molecule has 0 aliphatic heterocycles. The molecular formula is C7H13N9. The summed E-state index contributed by atoms with van der Waals surface area (Å²) < 4.78 is 0. The van der Waals surface area contributed by atoms with E-state index in [0.29, 0.717) is 18.1 Å². The fraction of sp³-hybridized carbons (Fsp3) is 0.429. The first-order valence-corrected chi connectivity index (χ1v) is 4.68. The van der Waals surface area contributed by atoms with Crippen LogP contribution >= 0.6 is 0 Å². The van der Waals surface area contributed by atoms with Crippen molar-refractivity contribution in [1.82, 2.24) is 35.8 Å². The lowest BCUT2D eigenvalue weighted by molar-refractivity contribution is 0.537. The SMILES string of the molecule is Cn1nnc(CC(NN)c2cn[nH]c2N)n1. The Morgan fingerprint density at radius 1 is 1.62 bits per heavy atom. The van der Waals surface area contributed by atoms with Crippen molar-refractivity contribution in [2.75, 3.05) is 5.73 Å². The number of aryl methyl sites for hydroxylation is 1. The van der Waals surface area contributed by atoms with Gasteiger partial charge in [-0.3, -0.25) is 16.4 Å². The molecule has 0 saturated carbocycles. The Morgan fingerprint density at radius 2 is 2.44 bits per heavy atom. The molecule has 0 amide bonds. The van der Waals surface area contributed by atoms with Gasteiger partial charge in [-0.15, -0.1) is 10.2 Å². The predicted octanol–water partition coefficient (Wildman–Crippen LogP) is -1.74. The molecule has 2 aromatic rings. The molecule has 9 nitrogen and oxygen atoms in total. The van der Waals surface area contributed by atoms with Crippen LogP contribution in [0.15, 0.2) is 6.20 Å². The van der Waals surface area contributed by atoms with E-state index in [9.17, 15) is 0 Å². The van der Waals surface area contributed by atoms with Crippen molar-refractivity contribution in [3.05, 3.63) is 17.6 Å².